The topological polar surface area (TPSA) is 87.1 Å². The van der Waals surface area contributed by atoms with Crippen LogP contribution in [-0.2, 0) is 9.53 Å². The molecule has 12 heavy (non-hydrogen) atoms. The zero-order valence-corrected chi connectivity index (χ0v) is 6.51. The van der Waals surface area contributed by atoms with Crippen molar-refractivity contribution in [3.8, 4) is 0 Å². The first-order chi connectivity index (χ1) is 5.88. The van der Waals surface area contributed by atoms with E-state index >= 15 is 0 Å². The normalized spacial score (nSPS) is 28.7. The number of azide groups is 1. The van der Waals surface area contributed by atoms with E-state index in [0.29, 0.717) is 26.0 Å². The fourth-order valence-electron chi connectivity index (χ4n) is 1.18. The molecule has 6 heteroatoms. The summed E-state index contributed by atoms with van der Waals surface area (Å²) in [6.07, 6.45) is 1.26. The molecule has 66 valence electrons. The molecule has 0 aromatic heterocycles. The van der Waals surface area contributed by atoms with E-state index in [2.05, 4.69) is 15.3 Å². The largest absolute Gasteiger partial charge is 0.379 e. The molecule has 0 aliphatic carbocycles. The van der Waals surface area contributed by atoms with Gasteiger partial charge in [-0.1, -0.05) is 5.11 Å². The van der Waals surface area contributed by atoms with Crippen molar-refractivity contribution >= 4 is 6.41 Å². The average Bonchev–Trinajstić information content (AvgIpc) is 2.09. The number of nitrogens with one attached hydrogen (secondary N) is 1. The Kier molecular flexibility index (Phi) is 3.37. The van der Waals surface area contributed by atoms with Crippen LogP contribution in [0.3, 0.4) is 0 Å². The van der Waals surface area contributed by atoms with E-state index in [0.717, 1.165) is 0 Å². The van der Waals surface area contributed by atoms with Crippen LogP contribution in [0.4, 0.5) is 0 Å². The van der Waals surface area contributed by atoms with Gasteiger partial charge in [0.1, 0.15) is 0 Å². The van der Waals surface area contributed by atoms with E-state index in [9.17, 15) is 4.79 Å². The Balaban J connectivity index is 2.53. The van der Waals surface area contributed by atoms with Gasteiger partial charge in [0.05, 0.1) is 18.7 Å². The molecule has 1 saturated heterocycles. The third-order valence-electron chi connectivity index (χ3n) is 1.80. The molecule has 0 aromatic rings. The van der Waals surface area contributed by atoms with Gasteiger partial charge in [-0.3, -0.25) is 4.79 Å². The summed E-state index contributed by atoms with van der Waals surface area (Å²) in [4.78, 5) is 12.8. The molecule has 0 bridgehead atoms. The molecule has 1 rings (SSSR count). The molecule has 0 spiro atoms. The molecule has 6 nitrogen and oxygen atoms in total. The molecule has 1 N–H and O–H groups in total. The van der Waals surface area contributed by atoms with Gasteiger partial charge in [0.15, 0.2) is 0 Å². The first kappa shape index (κ1) is 8.83. The molecule has 1 heterocycles. The molecule has 1 aliphatic rings. The average molecular weight is 170 g/mol. The van der Waals surface area contributed by atoms with Crippen molar-refractivity contribution in [1.29, 1.82) is 0 Å². The van der Waals surface area contributed by atoms with Crippen LogP contribution in [0.1, 0.15) is 6.42 Å². The smallest absolute Gasteiger partial charge is 0.207 e. The quantitative estimate of drug-likeness (QED) is 0.284. The summed E-state index contributed by atoms with van der Waals surface area (Å²) in [6.45, 7) is 1.00. The number of amides is 1. The van der Waals surface area contributed by atoms with Crippen molar-refractivity contribution < 1.29 is 9.53 Å². The number of hydrogen-bond acceptors (Lipinski definition) is 3. The van der Waals surface area contributed by atoms with Crippen LogP contribution in [0.2, 0.25) is 0 Å². The van der Waals surface area contributed by atoms with E-state index in [1.165, 1.54) is 0 Å². The fraction of sp³-hybridized carbons (Fsp3) is 0.833. The summed E-state index contributed by atoms with van der Waals surface area (Å²) in [6, 6.07) is -0.346. The molecular weight excluding hydrogens is 160 g/mol. The maximum absolute atomic E-state index is 10.1. The number of ether oxygens (including phenoxy) is 1. The Bertz CT molecular complexity index is 202. The molecule has 0 radical (unpaired) electrons. The predicted octanol–water partition coefficient (Wildman–Crippen LogP) is 0.200. The second kappa shape index (κ2) is 4.58. The van der Waals surface area contributed by atoms with E-state index < -0.39 is 0 Å². The third-order valence-corrected chi connectivity index (χ3v) is 1.80. The Morgan fingerprint density at radius 3 is 3.25 bits per heavy atom. The summed E-state index contributed by atoms with van der Waals surface area (Å²) in [7, 11) is 0. The molecular formula is C6H10N4O2. The summed E-state index contributed by atoms with van der Waals surface area (Å²) in [5.74, 6) is 0. The first-order valence-corrected chi connectivity index (χ1v) is 3.70. The van der Waals surface area contributed by atoms with Gasteiger partial charge in [0.2, 0.25) is 6.41 Å². The molecule has 0 saturated carbocycles. The van der Waals surface area contributed by atoms with Gasteiger partial charge in [-0.05, 0) is 12.0 Å². The minimum atomic E-state index is -0.174. The highest BCUT2D eigenvalue weighted by Crippen LogP contribution is 2.11. The molecule has 0 aromatic carbocycles. The van der Waals surface area contributed by atoms with Crippen molar-refractivity contribution in [3.05, 3.63) is 10.4 Å². The Morgan fingerprint density at radius 2 is 2.58 bits per heavy atom. The standard InChI is InChI=1S/C6H10N4O2/c7-10-9-5-1-2-12-3-6(5)8-4-11/h4-6H,1-3H2,(H,8,11)/t5-,6+/m0/s1. The van der Waals surface area contributed by atoms with Crippen LogP contribution in [-0.4, -0.2) is 31.7 Å². The zero-order chi connectivity index (χ0) is 8.81. The van der Waals surface area contributed by atoms with Crippen molar-refractivity contribution in [3.63, 3.8) is 0 Å². The Morgan fingerprint density at radius 1 is 1.75 bits per heavy atom. The van der Waals surface area contributed by atoms with Crippen LogP contribution in [0, 0.1) is 0 Å². The maximum atomic E-state index is 10.1. The maximum Gasteiger partial charge on any atom is 0.207 e. The van der Waals surface area contributed by atoms with E-state index in [1.54, 1.807) is 0 Å². The lowest BCUT2D eigenvalue weighted by atomic mass is 10.1. The number of hydrogen-bond donors (Lipinski definition) is 1. The van der Waals surface area contributed by atoms with Crippen molar-refractivity contribution in [2.45, 2.75) is 18.5 Å². The van der Waals surface area contributed by atoms with Crippen LogP contribution in [0.15, 0.2) is 5.11 Å². The van der Waals surface area contributed by atoms with Gasteiger partial charge in [0.25, 0.3) is 0 Å². The third kappa shape index (κ3) is 2.11. The number of nitrogens with zero attached hydrogens (tertiary/aromatic N) is 3. The molecule has 1 aliphatic heterocycles. The highest BCUT2D eigenvalue weighted by atomic mass is 16.5. The summed E-state index contributed by atoms with van der Waals surface area (Å²) in [5.41, 5.74) is 8.21. The van der Waals surface area contributed by atoms with Gasteiger partial charge >= 0.3 is 0 Å². The lowest BCUT2D eigenvalue weighted by molar-refractivity contribution is -0.111. The summed E-state index contributed by atoms with van der Waals surface area (Å²) in [5, 5.41) is 6.11. The van der Waals surface area contributed by atoms with Gasteiger partial charge < -0.3 is 10.1 Å². The van der Waals surface area contributed by atoms with Crippen LogP contribution >= 0.6 is 0 Å². The van der Waals surface area contributed by atoms with E-state index in [-0.39, 0.29) is 12.1 Å². The lowest BCUT2D eigenvalue weighted by Crippen LogP contribution is -2.45. The van der Waals surface area contributed by atoms with Crippen LogP contribution < -0.4 is 5.32 Å². The zero-order valence-electron chi connectivity index (χ0n) is 6.51. The minimum Gasteiger partial charge on any atom is -0.379 e. The van der Waals surface area contributed by atoms with E-state index in [4.69, 9.17) is 10.3 Å². The van der Waals surface area contributed by atoms with Crippen molar-refractivity contribution in [2.75, 3.05) is 13.2 Å². The van der Waals surface area contributed by atoms with Gasteiger partial charge in [0, 0.05) is 11.5 Å². The highest BCUT2D eigenvalue weighted by molar-refractivity contribution is 5.47. The summed E-state index contributed by atoms with van der Waals surface area (Å²) < 4.78 is 5.11. The van der Waals surface area contributed by atoms with Crippen LogP contribution in [0.5, 0.6) is 0 Å². The Hall–Kier alpha value is -1.26. The first-order valence-electron chi connectivity index (χ1n) is 3.70. The van der Waals surface area contributed by atoms with Crippen molar-refractivity contribution in [2.24, 2.45) is 5.11 Å². The summed E-state index contributed by atoms with van der Waals surface area (Å²) >= 11 is 0. The minimum absolute atomic E-state index is 0.172. The lowest BCUT2D eigenvalue weighted by Gasteiger charge is -2.27. The molecule has 1 fully saturated rings. The molecule has 2 atom stereocenters. The molecule has 0 unspecified atom stereocenters. The second-order valence-electron chi connectivity index (χ2n) is 2.53. The van der Waals surface area contributed by atoms with Crippen molar-refractivity contribution in [1.82, 2.24) is 5.32 Å². The Labute approximate surface area is 69.5 Å². The van der Waals surface area contributed by atoms with E-state index in [1.807, 2.05) is 0 Å². The molecule has 1 amide bonds. The predicted molar refractivity (Wildman–Crippen MR) is 41.4 cm³/mol. The number of rotatable bonds is 3. The number of carbonyl (C=O) groups excluding carboxylic acids is 1. The SMILES string of the molecule is [N-]=[N+]=N[C@H]1CCOC[C@H]1NC=O. The highest BCUT2D eigenvalue weighted by Gasteiger charge is 2.23. The van der Waals surface area contributed by atoms with Gasteiger partial charge in [-0.25, -0.2) is 0 Å². The van der Waals surface area contributed by atoms with Crippen LogP contribution in [0.25, 0.3) is 10.4 Å². The monoisotopic (exact) mass is 170 g/mol. The number of carbonyl (C=O) groups is 1. The van der Waals surface area contributed by atoms with Gasteiger partial charge in [-0.2, -0.15) is 0 Å². The fourth-order valence-corrected chi connectivity index (χ4v) is 1.18. The van der Waals surface area contributed by atoms with Gasteiger partial charge in [-0.15, -0.1) is 0 Å². The second-order valence-corrected chi connectivity index (χ2v) is 2.53.